The number of carbonyl (C=O) groups excluding carboxylic acids is 1. The summed E-state index contributed by atoms with van der Waals surface area (Å²) >= 11 is 0. The van der Waals surface area contributed by atoms with Crippen LogP contribution in [0, 0.1) is 41.4 Å². The van der Waals surface area contributed by atoms with Crippen LogP contribution < -0.4 is 0 Å². The van der Waals surface area contributed by atoms with Crippen LogP contribution in [0.4, 0.5) is 0 Å². The SMILES string of the molecule is Cc1ccc(S(=O)(=O)OC2CCC3(C)C(CCC4C5CC(=O)CC5(C)CCC43)C2)cc1. The molecule has 7 atom stereocenters. The molecular formula is C26H36O4S. The summed E-state index contributed by atoms with van der Waals surface area (Å²) in [6, 6.07) is 6.93. The van der Waals surface area contributed by atoms with Crippen molar-refractivity contribution in [2.75, 3.05) is 0 Å². The van der Waals surface area contributed by atoms with Gasteiger partial charge in [0.15, 0.2) is 0 Å². The molecule has 0 bridgehead atoms. The number of hydrogen-bond donors (Lipinski definition) is 0. The second kappa shape index (κ2) is 7.41. The lowest BCUT2D eigenvalue weighted by Gasteiger charge is -2.60. The van der Waals surface area contributed by atoms with Gasteiger partial charge >= 0.3 is 0 Å². The van der Waals surface area contributed by atoms with Crippen molar-refractivity contribution in [2.24, 2.45) is 34.5 Å². The summed E-state index contributed by atoms with van der Waals surface area (Å²) in [4.78, 5) is 12.5. The van der Waals surface area contributed by atoms with E-state index in [9.17, 15) is 13.2 Å². The maximum Gasteiger partial charge on any atom is 0.297 e. The van der Waals surface area contributed by atoms with E-state index < -0.39 is 10.1 Å². The van der Waals surface area contributed by atoms with Gasteiger partial charge in [0, 0.05) is 12.8 Å². The van der Waals surface area contributed by atoms with Gasteiger partial charge in [0.1, 0.15) is 5.78 Å². The Hall–Kier alpha value is -1.20. The van der Waals surface area contributed by atoms with Crippen LogP contribution >= 0.6 is 0 Å². The predicted octanol–water partition coefficient (Wildman–Crippen LogP) is 5.68. The fourth-order valence-electron chi connectivity index (χ4n) is 8.03. The molecule has 1 aromatic carbocycles. The molecule has 5 rings (SSSR count). The number of hydrogen-bond acceptors (Lipinski definition) is 4. The normalized spacial score (nSPS) is 42.5. The lowest BCUT2D eigenvalue weighted by atomic mass is 9.45. The van der Waals surface area contributed by atoms with Crippen LogP contribution in [-0.2, 0) is 19.1 Å². The van der Waals surface area contributed by atoms with Crippen LogP contribution in [0.3, 0.4) is 0 Å². The van der Waals surface area contributed by atoms with E-state index in [1.54, 1.807) is 12.1 Å². The minimum atomic E-state index is -3.72. The molecule has 0 spiro atoms. The molecule has 4 saturated carbocycles. The second-order valence-corrected chi connectivity index (χ2v) is 13.1. The first-order chi connectivity index (χ1) is 14.6. The maximum atomic E-state index is 12.8. The van der Waals surface area contributed by atoms with Gasteiger partial charge < -0.3 is 0 Å². The van der Waals surface area contributed by atoms with E-state index in [0.29, 0.717) is 29.5 Å². The third-order valence-electron chi connectivity index (χ3n) is 9.76. The molecule has 4 nitrogen and oxygen atoms in total. The van der Waals surface area contributed by atoms with Crippen molar-refractivity contribution in [2.45, 2.75) is 89.6 Å². The quantitative estimate of drug-likeness (QED) is 0.563. The molecular weight excluding hydrogens is 408 g/mol. The van der Waals surface area contributed by atoms with E-state index in [1.807, 2.05) is 19.1 Å². The third-order valence-corrected chi connectivity index (χ3v) is 11.1. The fourth-order valence-corrected chi connectivity index (χ4v) is 9.14. The molecule has 1 aromatic rings. The number of carbonyl (C=O) groups is 1. The van der Waals surface area contributed by atoms with E-state index in [-0.39, 0.29) is 21.8 Å². The molecule has 0 N–H and O–H groups in total. The van der Waals surface area contributed by atoms with Crippen LogP contribution in [0.15, 0.2) is 29.2 Å². The first-order valence-electron chi connectivity index (χ1n) is 12.1. The Balaban J connectivity index is 1.30. The van der Waals surface area contributed by atoms with Crippen LogP contribution in [0.1, 0.15) is 77.2 Å². The maximum absolute atomic E-state index is 12.8. The Morgan fingerprint density at radius 1 is 0.968 bits per heavy atom. The zero-order chi connectivity index (χ0) is 22.0. The number of fused-ring (bicyclic) bond motifs is 5. The van der Waals surface area contributed by atoms with Crippen molar-refractivity contribution in [3.63, 3.8) is 0 Å². The van der Waals surface area contributed by atoms with Crippen molar-refractivity contribution < 1.29 is 17.4 Å². The van der Waals surface area contributed by atoms with Crippen LogP contribution in [0.5, 0.6) is 0 Å². The molecule has 31 heavy (non-hydrogen) atoms. The van der Waals surface area contributed by atoms with Gasteiger partial charge in [0.2, 0.25) is 0 Å². The minimum Gasteiger partial charge on any atom is -0.300 e. The lowest BCUT2D eigenvalue weighted by Crippen LogP contribution is -2.53. The topological polar surface area (TPSA) is 60.4 Å². The average molecular weight is 445 g/mol. The number of Topliss-reactive ketones (excluding diaryl/α,β-unsaturated/α-hetero) is 1. The molecule has 7 unspecified atom stereocenters. The molecule has 5 heteroatoms. The molecule has 0 radical (unpaired) electrons. The highest BCUT2D eigenvalue weighted by molar-refractivity contribution is 7.86. The van der Waals surface area contributed by atoms with Crippen LogP contribution in [0.25, 0.3) is 0 Å². The molecule has 0 amide bonds. The van der Waals surface area contributed by atoms with Crippen molar-refractivity contribution in [3.05, 3.63) is 29.8 Å². The standard InChI is InChI=1S/C26H36O4S/c1-17-4-7-21(8-5-17)31(28,29)30-20-10-13-26(3)18(14-20)6-9-22-23(26)11-12-25(2)16-19(27)15-24(22)25/h4-5,7-8,18,20,22-24H,6,9-16H2,1-3H3. The third kappa shape index (κ3) is 3.60. The van der Waals surface area contributed by atoms with Crippen molar-refractivity contribution >= 4 is 15.9 Å². The fraction of sp³-hybridized carbons (Fsp3) is 0.731. The first kappa shape index (κ1) is 21.6. The van der Waals surface area contributed by atoms with E-state index in [1.165, 1.54) is 19.3 Å². The molecule has 4 aliphatic carbocycles. The summed E-state index contributed by atoms with van der Waals surface area (Å²) in [6.45, 7) is 6.76. The van der Waals surface area contributed by atoms with E-state index in [0.717, 1.165) is 44.1 Å². The molecule has 0 heterocycles. The Kier molecular flexibility index (Phi) is 5.17. The van der Waals surface area contributed by atoms with Gasteiger partial charge in [-0.1, -0.05) is 31.5 Å². The summed E-state index contributed by atoms with van der Waals surface area (Å²) in [6.07, 6.45) is 8.77. The van der Waals surface area contributed by atoms with Crippen molar-refractivity contribution in [1.82, 2.24) is 0 Å². The van der Waals surface area contributed by atoms with E-state index >= 15 is 0 Å². The van der Waals surface area contributed by atoms with Gasteiger partial charge in [0.05, 0.1) is 11.0 Å². The number of rotatable bonds is 3. The second-order valence-electron chi connectivity index (χ2n) is 11.5. The Bertz CT molecular complexity index is 968. The van der Waals surface area contributed by atoms with Gasteiger partial charge in [-0.25, -0.2) is 0 Å². The highest BCUT2D eigenvalue weighted by Gasteiger charge is 2.59. The number of ketones is 1. The van der Waals surface area contributed by atoms with Crippen molar-refractivity contribution in [3.8, 4) is 0 Å². The zero-order valence-electron chi connectivity index (χ0n) is 19.1. The van der Waals surface area contributed by atoms with Gasteiger partial charge in [-0.2, -0.15) is 8.42 Å². The van der Waals surface area contributed by atoms with E-state index in [4.69, 9.17) is 4.18 Å². The smallest absolute Gasteiger partial charge is 0.297 e. The molecule has 170 valence electrons. The Labute approximate surface area is 187 Å². The first-order valence-corrected chi connectivity index (χ1v) is 13.5. The van der Waals surface area contributed by atoms with Gasteiger partial charge in [-0.3, -0.25) is 8.98 Å². The Morgan fingerprint density at radius 3 is 2.45 bits per heavy atom. The van der Waals surface area contributed by atoms with Crippen LogP contribution in [-0.4, -0.2) is 20.3 Å². The predicted molar refractivity (Wildman–Crippen MR) is 120 cm³/mol. The summed E-state index contributed by atoms with van der Waals surface area (Å²) in [5.74, 6) is 2.89. The zero-order valence-corrected chi connectivity index (χ0v) is 19.9. The molecule has 4 aliphatic rings. The number of benzene rings is 1. The average Bonchev–Trinajstić information content (AvgIpc) is 3.02. The summed E-state index contributed by atoms with van der Waals surface area (Å²) in [7, 11) is -3.72. The van der Waals surface area contributed by atoms with Gasteiger partial charge in [0.25, 0.3) is 10.1 Å². The molecule has 0 aromatic heterocycles. The highest BCUT2D eigenvalue weighted by Crippen LogP contribution is 2.65. The number of aryl methyl sites for hydroxylation is 1. The van der Waals surface area contributed by atoms with Gasteiger partial charge in [-0.05, 0) is 98.5 Å². The summed E-state index contributed by atoms with van der Waals surface area (Å²) < 4.78 is 31.4. The largest absolute Gasteiger partial charge is 0.300 e. The summed E-state index contributed by atoms with van der Waals surface area (Å²) in [5.41, 5.74) is 1.52. The minimum absolute atomic E-state index is 0.220. The monoisotopic (exact) mass is 444 g/mol. The van der Waals surface area contributed by atoms with Crippen LogP contribution in [0.2, 0.25) is 0 Å². The molecule has 4 fully saturated rings. The molecule has 0 aliphatic heterocycles. The Morgan fingerprint density at radius 2 is 1.71 bits per heavy atom. The lowest BCUT2D eigenvalue weighted by molar-refractivity contribution is -0.119. The molecule has 0 saturated heterocycles. The van der Waals surface area contributed by atoms with Gasteiger partial charge in [-0.15, -0.1) is 0 Å². The summed E-state index contributed by atoms with van der Waals surface area (Å²) in [5, 5.41) is 0. The highest BCUT2D eigenvalue weighted by atomic mass is 32.2. The van der Waals surface area contributed by atoms with Crippen molar-refractivity contribution in [1.29, 1.82) is 0 Å². The van der Waals surface area contributed by atoms with E-state index in [2.05, 4.69) is 13.8 Å².